The summed E-state index contributed by atoms with van der Waals surface area (Å²) in [7, 11) is 0. The Kier molecular flexibility index (Phi) is 3.68. The van der Waals surface area contributed by atoms with Crippen molar-refractivity contribution < 1.29 is 0 Å². The summed E-state index contributed by atoms with van der Waals surface area (Å²) in [6.07, 6.45) is 5.54. The zero-order chi connectivity index (χ0) is 10.8. The number of hydrogen-bond acceptors (Lipinski definition) is 2. The SMILES string of the molecule is CC1CCN(C2CCC(C)NC2)C(C)C1. The lowest BCUT2D eigenvalue weighted by Gasteiger charge is -2.44. The van der Waals surface area contributed by atoms with Crippen LogP contribution in [0.4, 0.5) is 0 Å². The Balaban J connectivity index is 1.87. The molecule has 4 atom stereocenters. The highest BCUT2D eigenvalue weighted by Gasteiger charge is 2.30. The van der Waals surface area contributed by atoms with Gasteiger partial charge in [-0.05, 0) is 52.0 Å². The summed E-state index contributed by atoms with van der Waals surface area (Å²) in [5, 5.41) is 3.62. The van der Waals surface area contributed by atoms with Gasteiger partial charge in [0.1, 0.15) is 0 Å². The van der Waals surface area contributed by atoms with Gasteiger partial charge in [0.2, 0.25) is 0 Å². The molecule has 2 heterocycles. The Morgan fingerprint density at radius 1 is 1.07 bits per heavy atom. The Hall–Kier alpha value is -0.0800. The zero-order valence-electron chi connectivity index (χ0n) is 10.5. The van der Waals surface area contributed by atoms with Crippen molar-refractivity contribution in [3.8, 4) is 0 Å². The van der Waals surface area contributed by atoms with Gasteiger partial charge in [-0.15, -0.1) is 0 Å². The minimum absolute atomic E-state index is 0.736. The first-order valence-electron chi connectivity index (χ1n) is 6.66. The Morgan fingerprint density at radius 3 is 2.47 bits per heavy atom. The van der Waals surface area contributed by atoms with Crippen LogP contribution >= 0.6 is 0 Å². The first-order chi connectivity index (χ1) is 7.16. The number of nitrogens with one attached hydrogen (secondary N) is 1. The lowest BCUT2D eigenvalue weighted by molar-refractivity contribution is 0.0637. The molecule has 0 aromatic carbocycles. The summed E-state index contributed by atoms with van der Waals surface area (Å²) < 4.78 is 0. The van der Waals surface area contributed by atoms with Crippen LogP contribution in [0.2, 0.25) is 0 Å². The maximum absolute atomic E-state index is 3.62. The molecule has 0 aliphatic carbocycles. The van der Waals surface area contributed by atoms with E-state index in [1.165, 1.54) is 38.8 Å². The molecule has 2 aliphatic rings. The predicted octanol–water partition coefficient (Wildman–Crippen LogP) is 2.25. The van der Waals surface area contributed by atoms with Crippen molar-refractivity contribution in [2.45, 2.75) is 64.6 Å². The van der Waals surface area contributed by atoms with Gasteiger partial charge >= 0.3 is 0 Å². The highest BCUT2D eigenvalue weighted by atomic mass is 15.2. The Labute approximate surface area is 94.4 Å². The number of rotatable bonds is 1. The molecular weight excluding hydrogens is 184 g/mol. The van der Waals surface area contributed by atoms with Crippen LogP contribution in [0.5, 0.6) is 0 Å². The molecule has 1 N–H and O–H groups in total. The third kappa shape index (κ3) is 2.73. The van der Waals surface area contributed by atoms with Crippen molar-refractivity contribution in [3.05, 3.63) is 0 Å². The number of piperidine rings is 2. The summed E-state index contributed by atoms with van der Waals surface area (Å²) in [5.41, 5.74) is 0. The molecule has 2 nitrogen and oxygen atoms in total. The van der Waals surface area contributed by atoms with E-state index < -0.39 is 0 Å². The molecule has 0 aromatic rings. The summed E-state index contributed by atoms with van der Waals surface area (Å²) in [6.45, 7) is 9.64. The van der Waals surface area contributed by atoms with E-state index in [0.717, 1.165) is 24.0 Å². The van der Waals surface area contributed by atoms with Gasteiger partial charge in [0, 0.05) is 24.7 Å². The second kappa shape index (κ2) is 4.84. The van der Waals surface area contributed by atoms with Crippen molar-refractivity contribution in [2.24, 2.45) is 5.92 Å². The fourth-order valence-electron chi connectivity index (χ4n) is 3.23. The standard InChI is InChI=1S/C13H26N2/c1-10-6-7-15(12(3)8-10)13-5-4-11(2)14-9-13/h10-14H,4-9H2,1-3H3. The van der Waals surface area contributed by atoms with Crippen molar-refractivity contribution in [3.63, 3.8) is 0 Å². The fraction of sp³-hybridized carbons (Fsp3) is 1.00. The normalized spacial score (nSPS) is 44.2. The Morgan fingerprint density at radius 2 is 1.87 bits per heavy atom. The maximum atomic E-state index is 3.62. The number of nitrogens with zero attached hydrogens (tertiary/aromatic N) is 1. The number of likely N-dealkylation sites (tertiary alicyclic amines) is 1. The molecule has 4 unspecified atom stereocenters. The van der Waals surface area contributed by atoms with Crippen LogP contribution < -0.4 is 5.32 Å². The summed E-state index contributed by atoms with van der Waals surface area (Å²) in [5.74, 6) is 0.937. The number of hydrogen-bond donors (Lipinski definition) is 1. The fourth-order valence-corrected chi connectivity index (χ4v) is 3.23. The summed E-state index contributed by atoms with van der Waals surface area (Å²) in [4.78, 5) is 2.75. The van der Waals surface area contributed by atoms with Gasteiger partial charge in [0.25, 0.3) is 0 Å². The van der Waals surface area contributed by atoms with Crippen LogP contribution in [0.25, 0.3) is 0 Å². The van der Waals surface area contributed by atoms with Crippen LogP contribution in [-0.4, -0.2) is 36.1 Å². The van der Waals surface area contributed by atoms with Gasteiger partial charge in [0.05, 0.1) is 0 Å². The van der Waals surface area contributed by atoms with Crippen LogP contribution in [0.1, 0.15) is 46.5 Å². The lowest BCUT2D eigenvalue weighted by Crippen LogP contribution is -2.54. The maximum Gasteiger partial charge on any atom is 0.0224 e. The highest BCUT2D eigenvalue weighted by molar-refractivity contribution is 4.87. The molecule has 0 amide bonds. The quantitative estimate of drug-likeness (QED) is 0.714. The van der Waals surface area contributed by atoms with Gasteiger partial charge in [-0.3, -0.25) is 4.90 Å². The molecule has 2 aliphatic heterocycles. The molecule has 0 saturated carbocycles. The highest BCUT2D eigenvalue weighted by Crippen LogP contribution is 2.26. The van der Waals surface area contributed by atoms with Crippen LogP contribution in [0, 0.1) is 5.92 Å². The molecule has 2 fully saturated rings. The summed E-state index contributed by atoms with van der Waals surface area (Å²) >= 11 is 0. The van der Waals surface area contributed by atoms with Crippen molar-refractivity contribution in [1.82, 2.24) is 10.2 Å². The lowest BCUT2D eigenvalue weighted by atomic mass is 9.90. The molecule has 0 bridgehead atoms. The monoisotopic (exact) mass is 210 g/mol. The molecule has 0 spiro atoms. The van der Waals surface area contributed by atoms with E-state index in [1.54, 1.807) is 0 Å². The van der Waals surface area contributed by atoms with E-state index in [1.807, 2.05) is 0 Å². The van der Waals surface area contributed by atoms with E-state index in [9.17, 15) is 0 Å². The minimum atomic E-state index is 0.736. The van der Waals surface area contributed by atoms with E-state index in [2.05, 4.69) is 31.0 Å². The van der Waals surface area contributed by atoms with Gasteiger partial charge in [-0.25, -0.2) is 0 Å². The first-order valence-corrected chi connectivity index (χ1v) is 6.66. The molecule has 2 heteroatoms. The van der Waals surface area contributed by atoms with Gasteiger partial charge < -0.3 is 5.32 Å². The van der Waals surface area contributed by atoms with E-state index >= 15 is 0 Å². The van der Waals surface area contributed by atoms with Gasteiger partial charge in [-0.2, -0.15) is 0 Å². The smallest absolute Gasteiger partial charge is 0.0224 e. The second-order valence-corrected chi connectivity index (χ2v) is 5.76. The molecule has 2 rings (SSSR count). The molecule has 0 aromatic heterocycles. The minimum Gasteiger partial charge on any atom is -0.313 e. The molecule has 15 heavy (non-hydrogen) atoms. The second-order valence-electron chi connectivity index (χ2n) is 5.76. The van der Waals surface area contributed by atoms with E-state index in [0.29, 0.717) is 0 Å². The Bertz CT molecular complexity index is 197. The topological polar surface area (TPSA) is 15.3 Å². The van der Waals surface area contributed by atoms with Crippen molar-refractivity contribution in [1.29, 1.82) is 0 Å². The predicted molar refractivity (Wildman–Crippen MR) is 65.1 cm³/mol. The largest absolute Gasteiger partial charge is 0.313 e. The average Bonchev–Trinajstić information content (AvgIpc) is 2.20. The van der Waals surface area contributed by atoms with Crippen LogP contribution in [0.15, 0.2) is 0 Å². The van der Waals surface area contributed by atoms with E-state index in [-0.39, 0.29) is 0 Å². The van der Waals surface area contributed by atoms with Gasteiger partial charge in [-0.1, -0.05) is 6.92 Å². The zero-order valence-corrected chi connectivity index (χ0v) is 10.5. The summed E-state index contributed by atoms with van der Waals surface area (Å²) in [6, 6.07) is 2.35. The first kappa shape index (κ1) is 11.4. The van der Waals surface area contributed by atoms with Crippen LogP contribution in [-0.2, 0) is 0 Å². The third-order valence-corrected chi connectivity index (χ3v) is 4.29. The molecule has 2 saturated heterocycles. The molecule has 88 valence electrons. The van der Waals surface area contributed by atoms with Crippen molar-refractivity contribution >= 4 is 0 Å². The molecule has 0 radical (unpaired) electrons. The van der Waals surface area contributed by atoms with Gasteiger partial charge in [0.15, 0.2) is 0 Å². The van der Waals surface area contributed by atoms with Crippen molar-refractivity contribution in [2.75, 3.05) is 13.1 Å². The van der Waals surface area contributed by atoms with E-state index in [4.69, 9.17) is 0 Å². The average molecular weight is 210 g/mol. The molecular formula is C13H26N2. The van der Waals surface area contributed by atoms with Crippen LogP contribution in [0.3, 0.4) is 0 Å². The third-order valence-electron chi connectivity index (χ3n) is 4.29.